The largest absolute Gasteiger partial charge is 0.354 e. The van der Waals surface area contributed by atoms with E-state index in [1.807, 2.05) is 13.8 Å². The molecule has 2 aromatic rings. The van der Waals surface area contributed by atoms with Crippen molar-refractivity contribution < 1.29 is 4.79 Å². The summed E-state index contributed by atoms with van der Waals surface area (Å²) in [5, 5.41) is 2.90. The Balaban J connectivity index is 1.56. The Bertz CT molecular complexity index is 744. The Kier molecular flexibility index (Phi) is 4.72. The van der Waals surface area contributed by atoms with E-state index in [1.165, 1.54) is 27.8 Å². The summed E-state index contributed by atoms with van der Waals surface area (Å²) < 4.78 is 0. The van der Waals surface area contributed by atoms with E-state index in [1.54, 1.807) is 0 Å². The zero-order valence-corrected chi connectivity index (χ0v) is 14.6. The van der Waals surface area contributed by atoms with Crippen LogP contribution in [0.1, 0.15) is 43.4 Å². The molecule has 0 aromatic heterocycles. The molecule has 0 saturated heterocycles. The smallest absolute Gasteiger partial charge is 0.220 e. The standard InChI is InChI=1S/C21H26N2O/c1-21(2,22)14-23-20(24)9-5-6-15-10-11-17-13-16-7-3-4-8-18(16)19(17)12-15/h3-4,7-8,10-12H,5-6,9,13-14,22H2,1-2H3,(H,23,24). The molecule has 1 aliphatic rings. The molecule has 0 bridgehead atoms. The van der Waals surface area contributed by atoms with Gasteiger partial charge in [0.2, 0.25) is 5.91 Å². The van der Waals surface area contributed by atoms with Crippen molar-refractivity contribution in [3.05, 3.63) is 59.2 Å². The third kappa shape index (κ3) is 4.04. The molecule has 3 heteroatoms. The molecular weight excluding hydrogens is 296 g/mol. The molecule has 3 rings (SSSR count). The molecule has 0 atom stereocenters. The monoisotopic (exact) mass is 322 g/mol. The second-order valence-corrected chi connectivity index (χ2v) is 7.44. The highest BCUT2D eigenvalue weighted by atomic mass is 16.1. The maximum atomic E-state index is 11.9. The van der Waals surface area contributed by atoms with Crippen molar-refractivity contribution in [2.75, 3.05) is 6.54 Å². The minimum absolute atomic E-state index is 0.0834. The summed E-state index contributed by atoms with van der Waals surface area (Å²) >= 11 is 0. The third-order valence-corrected chi connectivity index (χ3v) is 4.47. The second kappa shape index (κ2) is 6.78. The van der Waals surface area contributed by atoms with Crippen LogP contribution in [0.3, 0.4) is 0 Å². The van der Waals surface area contributed by atoms with Gasteiger partial charge in [-0.3, -0.25) is 4.79 Å². The summed E-state index contributed by atoms with van der Waals surface area (Å²) in [6.07, 6.45) is 3.36. The summed E-state index contributed by atoms with van der Waals surface area (Å²) in [5.74, 6) is 0.0834. The quantitative estimate of drug-likeness (QED) is 0.730. The molecular formula is C21H26N2O. The van der Waals surface area contributed by atoms with Gasteiger partial charge in [0, 0.05) is 18.5 Å². The molecule has 1 aliphatic carbocycles. The molecule has 0 unspecified atom stereocenters. The van der Waals surface area contributed by atoms with Crippen LogP contribution in [0, 0.1) is 0 Å². The van der Waals surface area contributed by atoms with Crippen LogP contribution in [0.25, 0.3) is 11.1 Å². The summed E-state index contributed by atoms with van der Waals surface area (Å²) in [6, 6.07) is 15.3. The van der Waals surface area contributed by atoms with Gasteiger partial charge in [-0.2, -0.15) is 0 Å². The van der Waals surface area contributed by atoms with Gasteiger partial charge in [0.25, 0.3) is 0 Å². The van der Waals surface area contributed by atoms with Gasteiger partial charge in [-0.1, -0.05) is 42.5 Å². The first-order valence-electron chi connectivity index (χ1n) is 8.68. The fourth-order valence-electron chi connectivity index (χ4n) is 3.19. The average molecular weight is 322 g/mol. The van der Waals surface area contributed by atoms with E-state index >= 15 is 0 Å². The predicted molar refractivity (Wildman–Crippen MR) is 98.9 cm³/mol. The van der Waals surface area contributed by atoms with E-state index < -0.39 is 0 Å². The van der Waals surface area contributed by atoms with Gasteiger partial charge in [-0.05, 0) is 60.9 Å². The van der Waals surface area contributed by atoms with Crippen LogP contribution in [0.4, 0.5) is 0 Å². The maximum Gasteiger partial charge on any atom is 0.220 e. The van der Waals surface area contributed by atoms with Gasteiger partial charge >= 0.3 is 0 Å². The van der Waals surface area contributed by atoms with Crippen molar-refractivity contribution in [1.82, 2.24) is 5.32 Å². The van der Waals surface area contributed by atoms with Crippen LogP contribution < -0.4 is 11.1 Å². The highest BCUT2D eigenvalue weighted by Gasteiger charge is 2.18. The summed E-state index contributed by atoms with van der Waals surface area (Å²) in [6.45, 7) is 4.34. The van der Waals surface area contributed by atoms with Crippen LogP contribution in [0.15, 0.2) is 42.5 Å². The maximum absolute atomic E-state index is 11.9. The van der Waals surface area contributed by atoms with Gasteiger partial charge in [0.05, 0.1) is 0 Å². The van der Waals surface area contributed by atoms with Gasteiger partial charge < -0.3 is 11.1 Å². The van der Waals surface area contributed by atoms with Crippen LogP contribution in [0.2, 0.25) is 0 Å². The van der Waals surface area contributed by atoms with Crippen molar-refractivity contribution in [2.45, 2.75) is 45.1 Å². The second-order valence-electron chi connectivity index (χ2n) is 7.44. The number of hydrogen-bond acceptors (Lipinski definition) is 2. The lowest BCUT2D eigenvalue weighted by molar-refractivity contribution is -0.121. The van der Waals surface area contributed by atoms with Gasteiger partial charge in [-0.25, -0.2) is 0 Å². The number of rotatable bonds is 6. The Labute approximate surface area is 144 Å². The van der Waals surface area contributed by atoms with Crippen molar-refractivity contribution in [2.24, 2.45) is 5.73 Å². The van der Waals surface area contributed by atoms with E-state index in [0.29, 0.717) is 13.0 Å². The molecule has 24 heavy (non-hydrogen) atoms. The zero-order chi connectivity index (χ0) is 17.2. The van der Waals surface area contributed by atoms with Crippen molar-refractivity contribution in [3.63, 3.8) is 0 Å². The van der Waals surface area contributed by atoms with Gasteiger partial charge in [-0.15, -0.1) is 0 Å². The topological polar surface area (TPSA) is 55.1 Å². The number of fused-ring (bicyclic) bond motifs is 3. The Morgan fingerprint density at radius 3 is 2.67 bits per heavy atom. The first-order valence-corrected chi connectivity index (χ1v) is 8.68. The number of aryl methyl sites for hydroxylation is 1. The summed E-state index contributed by atoms with van der Waals surface area (Å²) in [4.78, 5) is 11.9. The minimum Gasteiger partial charge on any atom is -0.354 e. The van der Waals surface area contributed by atoms with E-state index in [9.17, 15) is 4.79 Å². The molecule has 0 aliphatic heterocycles. The fourth-order valence-corrected chi connectivity index (χ4v) is 3.19. The van der Waals surface area contributed by atoms with Crippen LogP contribution in [-0.2, 0) is 17.6 Å². The Morgan fingerprint density at radius 1 is 1.12 bits per heavy atom. The Hall–Kier alpha value is -2.13. The molecule has 1 amide bonds. The number of carbonyl (C=O) groups is 1. The highest BCUT2D eigenvalue weighted by molar-refractivity contribution is 5.77. The van der Waals surface area contributed by atoms with Crippen molar-refractivity contribution >= 4 is 5.91 Å². The molecule has 0 heterocycles. The third-order valence-electron chi connectivity index (χ3n) is 4.47. The lowest BCUT2D eigenvalue weighted by Crippen LogP contribution is -2.45. The van der Waals surface area contributed by atoms with Crippen LogP contribution >= 0.6 is 0 Å². The van der Waals surface area contributed by atoms with Crippen LogP contribution in [0.5, 0.6) is 0 Å². The number of hydrogen-bond donors (Lipinski definition) is 2. The van der Waals surface area contributed by atoms with E-state index in [2.05, 4.69) is 47.8 Å². The summed E-state index contributed by atoms with van der Waals surface area (Å²) in [5.41, 5.74) is 12.4. The first kappa shape index (κ1) is 16.7. The van der Waals surface area contributed by atoms with Crippen molar-refractivity contribution in [3.8, 4) is 11.1 Å². The number of benzene rings is 2. The van der Waals surface area contributed by atoms with E-state index in [0.717, 1.165) is 19.3 Å². The van der Waals surface area contributed by atoms with E-state index in [4.69, 9.17) is 5.73 Å². The van der Waals surface area contributed by atoms with Crippen LogP contribution in [-0.4, -0.2) is 18.0 Å². The highest BCUT2D eigenvalue weighted by Crippen LogP contribution is 2.36. The molecule has 0 radical (unpaired) electrons. The lowest BCUT2D eigenvalue weighted by atomic mass is 10.00. The molecule has 3 nitrogen and oxygen atoms in total. The fraction of sp³-hybridized carbons (Fsp3) is 0.381. The van der Waals surface area contributed by atoms with Gasteiger partial charge in [0.1, 0.15) is 0 Å². The number of amides is 1. The minimum atomic E-state index is -0.358. The molecule has 3 N–H and O–H groups in total. The Morgan fingerprint density at radius 2 is 1.88 bits per heavy atom. The molecule has 0 fully saturated rings. The first-order chi connectivity index (χ1) is 11.4. The molecule has 0 spiro atoms. The lowest BCUT2D eigenvalue weighted by Gasteiger charge is -2.18. The molecule has 0 saturated carbocycles. The number of nitrogens with two attached hydrogens (primary N) is 1. The van der Waals surface area contributed by atoms with E-state index in [-0.39, 0.29) is 11.4 Å². The number of nitrogens with one attached hydrogen (secondary N) is 1. The zero-order valence-electron chi connectivity index (χ0n) is 14.6. The van der Waals surface area contributed by atoms with Gasteiger partial charge in [0.15, 0.2) is 0 Å². The SMILES string of the molecule is CC(C)(N)CNC(=O)CCCc1ccc2c(c1)-c1ccccc1C2. The average Bonchev–Trinajstić information content (AvgIpc) is 2.90. The van der Waals surface area contributed by atoms with Crippen molar-refractivity contribution in [1.29, 1.82) is 0 Å². The molecule has 126 valence electrons. The normalized spacial score (nSPS) is 12.6. The number of carbonyl (C=O) groups excluding carboxylic acids is 1. The summed E-state index contributed by atoms with van der Waals surface area (Å²) in [7, 11) is 0. The predicted octanol–water partition coefficient (Wildman–Crippen LogP) is 3.43. The molecule has 2 aromatic carbocycles.